The van der Waals surface area contributed by atoms with E-state index in [0.717, 1.165) is 11.3 Å². The predicted molar refractivity (Wildman–Crippen MR) is 63.4 cm³/mol. The van der Waals surface area contributed by atoms with Crippen LogP contribution in [0.1, 0.15) is 5.82 Å². The maximum Gasteiger partial charge on any atom is 0.163 e. The van der Waals surface area contributed by atoms with E-state index in [0.29, 0.717) is 19.0 Å². The molecular formula is C13H10N4O. The first-order chi connectivity index (χ1) is 8.84. The smallest absolute Gasteiger partial charge is 0.163 e. The zero-order chi connectivity index (χ0) is 12.4. The Balaban J connectivity index is 2.03. The first-order valence-corrected chi connectivity index (χ1v) is 5.57. The van der Waals surface area contributed by atoms with Gasteiger partial charge in [-0.15, -0.1) is 0 Å². The van der Waals surface area contributed by atoms with Crippen LogP contribution in [0.2, 0.25) is 0 Å². The van der Waals surface area contributed by atoms with E-state index in [-0.39, 0.29) is 0 Å². The van der Waals surface area contributed by atoms with Crippen LogP contribution in [0.4, 0.5) is 0 Å². The Hall–Kier alpha value is -2.32. The van der Waals surface area contributed by atoms with Crippen LogP contribution in [0.3, 0.4) is 0 Å². The Morgan fingerprint density at radius 3 is 2.56 bits per heavy atom. The molecule has 1 aliphatic heterocycles. The zero-order valence-corrected chi connectivity index (χ0v) is 9.58. The molecule has 0 amide bonds. The predicted octanol–water partition coefficient (Wildman–Crippen LogP) is 1.33. The summed E-state index contributed by atoms with van der Waals surface area (Å²) in [5, 5.41) is 9.23. The van der Waals surface area contributed by atoms with Gasteiger partial charge in [0.25, 0.3) is 0 Å². The average Bonchev–Trinajstić information content (AvgIpc) is 2.40. The van der Waals surface area contributed by atoms with Crippen molar-refractivity contribution in [2.45, 2.75) is 5.41 Å². The molecule has 5 nitrogen and oxygen atoms in total. The molecule has 0 saturated carbocycles. The van der Waals surface area contributed by atoms with Crippen LogP contribution in [0.25, 0.3) is 11.3 Å². The van der Waals surface area contributed by atoms with E-state index < -0.39 is 5.41 Å². The van der Waals surface area contributed by atoms with E-state index >= 15 is 0 Å². The summed E-state index contributed by atoms with van der Waals surface area (Å²) in [5.41, 5.74) is 1.08. The zero-order valence-electron chi connectivity index (χ0n) is 9.58. The molecule has 0 N–H and O–H groups in total. The molecule has 0 aliphatic carbocycles. The van der Waals surface area contributed by atoms with Crippen molar-refractivity contribution in [1.82, 2.24) is 15.0 Å². The fourth-order valence-electron chi connectivity index (χ4n) is 1.82. The molecular weight excluding hydrogens is 228 g/mol. The summed E-state index contributed by atoms with van der Waals surface area (Å²) in [4.78, 5) is 12.6. The van der Waals surface area contributed by atoms with Crippen LogP contribution in [0.5, 0.6) is 0 Å². The van der Waals surface area contributed by atoms with Crippen LogP contribution in [-0.4, -0.2) is 28.2 Å². The van der Waals surface area contributed by atoms with Gasteiger partial charge in [-0.25, -0.2) is 9.97 Å². The number of ether oxygens (including phenoxy) is 1. The van der Waals surface area contributed by atoms with Gasteiger partial charge in [0.15, 0.2) is 11.2 Å². The molecule has 5 heteroatoms. The van der Waals surface area contributed by atoms with Crippen molar-refractivity contribution in [3.05, 3.63) is 42.6 Å². The highest BCUT2D eigenvalue weighted by Crippen LogP contribution is 2.30. The third-order valence-corrected chi connectivity index (χ3v) is 2.97. The van der Waals surface area contributed by atoms with Gasteiger partial charge in [0.1, 0.15) is 0 Å². The molecule has 0 bridgehead atoms. The highest BCUT2D eigenvalue weighted by molar-refractivity contribution is 5.57. The third kappa shape index (κ3) is 1.63. The Bertz CT molecular complexity index is 602. The fraction of sp³-hybridized carbons (Fsp3) is 0.231. The monoisotopic (exact) mass is 238 g/mol. The molecule has 3 rings (SSSR count). The van der Waals surface area contributed by atoms with Gasteiger partial charge in [-0.05, 0) is 18.2 Å². The van der Waals surface area contributed by atoms with Crippen molar-refractivity contribution in [3.8, 4) is 17.3 Å². The van der Waals surface area contributed by atoms with Crippen molar-refractivity contribution in [3.63, 3.8) is 0 Å². The maximum atomic E-state index is 9.23. The van der Waals surface area contributed by atoms with E-state index in [1.807, 2.05) is 18.2 Å². The Kier molecular flexibility index (Phi) is 2.50. The number of hydrogen-bond acceptors (Lipinski definition) is 5. The number of aromatic nitrogens is 3. The topological polar surface area (TPSA) is 71.7 Å². The number of nitriles is 1. The second kappa shape index (κ2) is 4.17. The van der Waals surface area contributed by atoms with Gasteiger partial charge in [0, 0.05) is 24.2 Å². The van der Waals surface area contributed by atoms with Gasteiger partial charge >= 0.3 is 0 Å². The molecule has 88 valence electrons. The molecule has 0 atom stereocenters. The number of nitrogens with zero attached hydrogens (tertiary/aromatic N) is 4. The number of hydrogen-bond donors (Lipinski definition) is 0. The Morgan fingerprint density at radius 1 is 1.17 bits per heavy atom. The lowest BCUT2D eigenvalue weighted by molar-refractivity contribution is -0.0338. The number of rotatable bonds is 2. The summed E-state index contributed by atoms with van der Waals surface area (Å²) in [6, 6.07) is 7.83. The first kappa shape index (κ1) is 10.8. The highest BCUT2D eigenvalue weighted by atomic mass is 16.5. The highest BCUT2D eigenvalue weighted by Gasteiger charge is 2.43. The van der Waals surface area contributed by atoms with Gasteiger partial charge in [-0.3, -0.25) is 4.98 Å². The minimum absolute atomic E-state index is 0.364. The molecule has 18 heavy (non-hydrogen) atoms. The van der Waals surface area contributed by atoms with Gasteiger partial charge in [-0.2, -0.15) is 5.26 Å². The van der Waals surface area contributed by atoms with E-state index in [1.54, 1.807) is 18.6 Å². The third-order valence-electron chi connectivity index (χ3n) is 2.97. The van der Waals surface area contributed by atoms with Crippen molar-refractivity contribution in [2.24, 2.45) is 0 Å². The molecule has 0 radical (unpaired) electrons. The van der Waals surface area contributed by atoms with E-state index in [2.05, 4.69) is 21.0 Å². The minimum Gasteiger partial charge on any atom is -0.377 e. The summed E-state index contributed by atoms with van der Waals surface area (Å²) >= 11 is 0. The molecule has 0 aromatic carbocycles. The molecule has 2 aromatic heterocycles. The van der Waals surface area contributed by atoms with E-state index in [4.69, 9.17) is 4.74 Å². The first-order valence-electron chi connectivity index (χ1n) is 5.57. The molecule has 1 aliphatic rings. The van der Waals surface area contributed by atoms with Crippen molar-refractivity contribution in [1.29, 1.82) is 5.26 Å². The second-order valence-corrected chi connectivity index (χ2v) is 4.19. The van der Waals surface area contributed by atoms with Crippen molar-refractivity contribution < 1.29 is 4.74 Å². The second-order valence-electron chi connectivity index (χ2n) is 4.19. The quantitative estimate of drug-likeness (QED) is 0.789. The molecule has 0 spiro atoms. The van der Waals surface area contributed by atoms with E-state index in [9.17, 15) is 5.26 Å². The standard InChI is InChI=1S/C13H10N4O/c14-7-13(8-18-9-13)12-16-6-3-11(17-12)10-1-4-15-5-2-10/h1-6H,8-9H2. The minimum atomic E-state index is -0.678. The van der Waals surface area contributed by atoms with Crippen molar-refractivity contribution in [2.75, 3.05) is 13.2 Å². The Labute approximate surface area is 104 Å². The average molecular weight is 238 g/mol. The van der Waals surface area contributed by atoms with Gasteiger partial charge in [-0.1, -0.05) is 0 Å². The summed E-state index contributed by atoms with van der Waals surface area (Å²) < 4.78 is 5.12. The van der Waals surface area contributed by atoms with Gasteiger partial charge in [0.2, 0.25) is 0 Å². The summed E-state index contributed by atoms with van der Waals surface area (Å²) in [6.07, 6.45) is 5.10. The number of pyridine rings is 1. The van der Waals surface area contributed by atoms with Crippen LogP contribution in [0.15, 0.2) is 36.8 Å². The lowest BCUT2D eigenvalue weighted by Crippen LogP contribution is -2.46. The molecule has 0 unspecified atom stereocenters. The molecule has 2 aromatic rings. The maximum absolute atomic E-state index is 9.23. The SMILES string of the molecule is N#CC1(c2nccc(-c3ccncc3)n2)COC1. The largest absolute Gasteiger partial charge is 0.377 e. The van der Waals surface area contributed by atoms with Crippen molar-refractivity contribution >= 4 is 0 Å². The molecule has 3 heterocycles. The summed E-state index contributed by atoms with van der Waals surface area (Å²) in [6.45, 7) is 0.729. The van der Waals surface area contributed by atoms with Gasteiger partial charge < -0.3 is 4.74 Å². The van der Waals surface area contributed by atoms with Gasteiger partial charge in [0.05, 0.1) is 25.0 Å². The summed E-state index contributed by atoms with van der Waals surface area (Å²) in [5.74, 6) is 0.533. The summed E-state index contributed by atoms with van der Waals surface area (Å²) in [7, 11) is 0. The normalized spacial score (nSPS) is 16.6. The van der Waals surface area contributed by atoms with E-state index in [1.165, 1.54) is 0 Å². The Morgan fingerprint density at radius 2 is 1.94 bits per heavy atom. The lowest BCUT2D eigenvalue weighted by Gasteiger charge is -2.33. The van der Waals surface area contributed by atoms with Crippen LogP contribution < -0.4 is 0 Å². The van der Waals surface area contributed by atoms with Crippen LogP contribution >= 0.6 is 0 Å². The molecule has 1 saturated heterocycles. The van der Waals surface area contributed by atoms with Crippen LogP contribution in [-0.2, 0) is 10.2 Å². The lowest BCUT2D eigenvalue weighted by atomic mass is 9.87. The van der Waals surface area contributed by atoms with Crippen LogP contribution in [0, 0.1) is 11.3 Å². The molecule has 1 fully saturated rings. The fourth-order valence-corrected chi connectivity index (χ4v) is 1.82.